The Morgan fingerprint density at radius 1 is 0.967 bits per heavy atom. The van der Waals surface area contributed by atoms with Crippen LogP contribution in [-0.2, 0) is 14.8 Å². The van der Waals surface area contributed by atoms with Crippen molar-refractivity contribution in [3.05, 3.63) is 17.9 Å². The Balaban J connectivity index is 1.28. The average Bonchev–Trinajstić information content (AvgIpc) is 3.30. The molecule has 3 fully saturated rings. The summed E-state index contributed by atoms with van der Waals surface area (Å²) in [5, 5.41) is -0.117. The zero-order chi connectivity index (χ0) is 21.0. The van der Waals surface area contributed by atoms with Gasteiger partial charge in [0.1, 0.15) is 0 Å². The number of morpholine rings is 1. The van der Waals surface area contributed by atoms with Gasteiger partial charge in [0.25, 0.3) is 15.9 Å². The van der Waals surface area contributed by atoms with E-state index in [0.717, 1.165) is 71.4 Å². The van der Waals surface area contributed by atoms with E-state index < -0.39 is 10.0 Å². The zero-order valence-corrected chi connectivity index (χ0v) is 18.4. The third-order valence-corrected chi connectivity index (χ3v) is 8.33. The quantitative estimate of drug-likeness (QED) is 0.675. The second kappa shape index (κ2) is 9.80. The second-order valence-corrected chi connectivity index (χ2v) is 10.4. The summed E-state index contributed by atoms with van der Waals surface area (Å²) in [4.78, 5) is 17.1. The molecule has 1 amide bonds. The maximum atomic E-state index is 12.8. The SMILES string of the molecule is O=C(c1ccc(S(=O)(=O)N2CCCCC2)o1)N1CCC(CCN2CCOCC2)CC1. The molecule has 9 heteroatoms. The number of carbonyl (C=O) groups excluding carboxylic acids is 1. The number of hydrogen-bond acceptors (Lipinski definition) is 6. The molecule has 3 aliphatic heterocycles. The molecule has 30 heavy (non-hydrogen) atoms. The largest absolute Gasteiger partial charge is 0.438 e. The highest BCUT2D eigenvalue weighted by Crippen LogP contribution is 2.25. The average molecular weight is 440 g/mol. The van der Waals surface area contributed by atoms with E-state index in [1.54, 1.807) is 4.90 Å². The maximum absolute atomic E-state index is 12.8. The summed E-state index contributed by atoms with van der Waals surface area (Å²) in [7, 11) is -3.65. The summed E-state index contributed by atoms with van der Waals surface area (Å²) < 4.78 is 37.9. The minimum atomic E-state index is -3.65. The Morgan fingerprint density at radius 2 is 1.67 bits per heavy atom. The van der Waals surface area contributed by atoms with Gasteiger partial charge in [-0.15, -0.1) is 0 Å². The lowest BCUT2D eigenvalue weighted by Gasteiger charge is -2.33. The molecule has 0 unspecified atom stereocenters. The fourth-order valence-corrected chi connectivity index (χ4v) is 6.01. The predicted molar refractivity (Wildman–Crippen MR) is 112 cm³/mol. The molecule has 0 saturated carbocycles. The Labute approximate surface area is 179 Å². The lowest BCUT2D eigenvalue weighted by Crippen LogP contribution is -2.40. The minimum Gasteiger partial charge on any atom is -0.438 e. The van der Waals surface area contributed by atoms with Crippen molar-refractivity contribution in [1.82, 2.24) is 14.1 Å². The highest BCUT2D eigenvalue weighted by molar-refractivity contribution is 7.89. The first-order chi connectivity index (χ1) is 14.5. The van der Waals surface area contributed by atoms with E-state index in [4.69, 9.17) is 9.15 Å². The number of carbonyl (C=O) groups is 1. The molecular formula is C21H33N3O5S. The van der Waals surface area contributed by atoms with Gasteiger partial charge in [-0.3, -0.25) is 9.69 Å². The van der Waals surface area contributed by atoms with E-state index in [1.165, 1.54) is 16.4 Å². The van der Waals surface area contributed by atoms with Gasteiger partial charge >= 0.3 is 0 Å². The second-order valence-electron chi connectivity index (χ2n) is 8.56. The van der Waals surface area contributed by atoms with Gasteiger partial charge in [-0.1, -0.05) is 6.42 Å². The summed E-state index contributed by atoms with van der Waals surface area (Å²) in [6.07, 6.45) is 5.90. The number of likely N-dealkylation sites (tertiary alicyclic amines) is 1. The summed E-state index contributed by atoms with van der Waals surface area (Å²) in [6.45, 7) is 7.20. The van der Waals surface area contributed by atoms with E-state index in [9.17, 15) is 13.2 Å². The monoisotopic (exact) mass is 439 g/mol. The van der Waals surface area contributed by atoms with Gasteiger partial charge in [-0.25, -0.2) is 8.42 Å². The molecule has 0 atom stereocenters. The number of nitrogens with zero attached hydrogens (tertiary/aromatic N) is 3. The fraction of sp³-hybridized carbons (Fsp3) is 0.762. The lowest BCUT2D eigenvalue weighted by atomic mass is 9.93. The number of rotatable bonds is 6. The number of furan rings is 1. The van der Waals surface area contributed by atoms with Gasteiger partial charge in [0.2, 0.25) is 5.09 Å². The molecule has 0 N–H and O–H groups in total. The number of piperidine rings is 2. The Morgan fingerprint density at radius 3 is 2.37 bits per heavy atom. The molecule has 0 aromatic carbocycles. The minimum absolute atomic E-state index is 0.117. The first kappa shape index (κ1) is 21.8. The molecule has 0 spiro atoms. The van der Waals surface area contributed by atoms with Gasteiger partial charge in [-0.05, 0) is 56.7 Å². The summed E-state index contributed by atoms with van der Waals surface area (Å²) in [6, 6.07) is 2.93. The summed E-state index contributed by atoms with van der Waals surface area (Å²) in [5.41, 5.74) is 0. The Hall–Kier alpha value is -1.42. The highest BCUT2D eigenvalue weighted by Gasteiger charge is 2.31. The summed E-state index contributed by atoms with van der Waals surface area (Å²) in [5.74, 6) is 0.544. The highest BCUT2D eigenvalue weighted by atomic mass is 32.2. The Kier molecular flexibility index (Phi) is 7.12. The molecule has 3 saturated heterocycles. The topological polar surface area (TPSA) is 83.3 Å². The van der Waals surface area contributed by atoms with Gasteiger partial charge in [-0.2, -0.15) is 4.31 Å². The molecule has 168 valence electrons. The number of ether oxygens (including phenoxy) is 1. The molecule has 4 heterocycles. The van der Waals surface area contributed by atoms with Crippen molar-refractivity contribution in [2.24, 2.45) is 5.92 Å². The molecule has 1 aromatic rings. The Bertz CT molecular complexity index is 804. The van der Waals surface area contributed by atoms with E-state index in [-0.39, 0.29) is 16.8 Å². The van der Waals surface area contributed by atoms with E-state index in [1.807, 2.05) is 0 Å². The molecule has 1 aromatic heterocycles. The van der Waals surface area contributed by atoms with Crippen LogP contribution in [0.4, 0.5) is 0 Å². The van der Waals surface area contributed by atoms with Crippen LogP contribution in [0.15, 0.2) is 21.6 Å². The number of hydrogen-bond donors (Lipinski definition) is 0. The van der Waals surface area contributed by atoms with Crippen molar-refractivity contribution in [3.63, 3.8) is 0 Å². The van der Waals surface area contributed by atoms with Crippen LogP contribution >= 0.6 is 0 Å². The molecule has 0 bridgehead atoms. The lowest BCUT2D eigenvalue weighted by molar-refractivity contribution is 0.0330. The van der Waals surface area contributed by atoms with E-state index in [2.05, 4.69) is 4.90 Å². The van der Waals surface area contributed by atoms with Crippen molar-refractivity contribution in [3.8, 4) is 0 Å². The van der Waals surface area contributed by atoms with Gasteiger partial charge in [0, 0.05) is 39.3 Å². The van der Waals surface area contributed by atoms with Crippen molar-refractivity contribution in [2.45, 2.75) is 43.6 Å². The van der Waals surface area contributed by atoms with Crippen molar-refractivity contribution >= 4 is 15.9 Å². The van der Waals surface area contributed by atoms with E-state index >= 15 is 0 Å². The molecule has 8 nitrogen and oxygen atoms in total. The number of sulfonamides is 1. The molecule has 4 rings (SSSR count). The normalized spacial score (nSPS) is 23.0. The van der Waals surface area contributed by atoms with Crippen LogP contribution in [-0.4, -0.2) is 87.5 Å². The van der Waals surface area contributed by atoms with Gasteiger partial charge in [0.05, 0.1) is 13.2 Å². The van der Waals surface area contributed by atoms with Crippen molar-refractivity contribution in [1.29, 1.82) is 0 Å². The summed E-state index contributed by atoms with van der Waals surface area (Å²) >= 11 is 0. The maximum Gasteiger partial charge on any atom is 0.289 e. The third-order valence-electron chi connectivity index (χ3n) is 6.56. The fourth-order valence-electron chi connectivity index (χ4n) is 4.58. The molecule has 0 radical (unpaired) electrons. The van der Waals surface area contributed by atoms with Crippen LogP contribution in [0.1, 0.15) is 49.1 Å². The number of amides is 1. The van der Waals surface area contributed by atoms with Gasteiger partial charge < -0.3 is 14.1 Å². The van der Waals surface area contributed by atoms with Crippen molar-refractivity contribution < 1.29 is 22.4 Å². The van der Waals surface area contributed by atoms with Crippen LogP contribution in [0.2, 0.25) is 0 Å². The van der Waals surface area contributed by atoms with Gasteiger partial charge in [0.15, 0.2) is 5.76 Å². The van der Waals surface area contributed by atoms with Crippen LogP contribution in [0, 0.1) is 5.92 Å². The zero-order valence-electron chi connectivity index (χ0n) is 17.6. The predicted octanol–water partition coefficient (Wildman–Crippen LogP) is 2.03. The van der Waals surface area contributed by atoms with Crippen LogP contribution in [0.25, 0.3) is 0 Å². The molecular weight excluding hydrogens is 406 g/mol. The first-order valence-electron chi connectivity index (χ1n) is 11.2. The standard InChI is InChI=1S/C21H33N3O5S/c25-21(19-4-5-20(29-19)30(26,27)24-9-2-1-3-10-24)23-12-7-18(8-13-23)6-11-22-14-16-28-17-15-22/h4-5,18H,1-3,6-17H2. The van der Waals surface area contributed by atoms with E-state index in [0.29, 0.717) is 32.1 Å². The molecule has 0 aliphatic carbocycles. The first-order valence-corrected chi connectivity index (χ1v) is 12.7. The molecule has 3 aliphatic rings. The smallest absolute Gasteiger partial charge is 0.289 e. The van der Waals surface area contributed by atoms with Crippen LogP contribution in [0.3, 0.4) is 0 Å². The van der Waals surface area contributed by atoms with Crippen LogP contribution < -0.4 is 0 Å². The third kappa shape index (κ3) is 5.07. The van der Waals surface area contributed by atoms with Crippen molar-refractivity contribution in [2.75, 3.05) is 59.0 Å². The van der Waals surface area contributed by atoms with Crippen LogP contribution in [0.5, 0.6) is 0 Å².